The van der Waals surface area contributed by atoms with Crippen LogP contribution < -0.4 is 10.7 Å². The van der Waals surface area contributed by atoms with Crippen molar-refractivity contribution in [1.29, 1.82) is 0 Å². The normalized spacial score (nSPS) is 9.45. The van der Waals surface area contributed by atoms with Gasteiger partial charge in [-0.2, -0.15) is 5.43 Å². The number of nitrogens with one attached hydrogen (secondary N) is 1. The minimum atomic E-state index is -0.767. The summed E-state index contributed by atoms with van der Waals surface area (Å²) in [5.41, 5.74) is 3.38. The third kappa shape index (κ3) is 4.32. The fourth-order valence-electron chi connectivity index (χ4n) is 0.463. The lowest BCUT2D eigenvalue weighted by molar-refractivity contribution is -0.141. The zero-order valence-corrected chi connectivity index (χ0v) is 6.92. The molecule has 0 spiro atoms. The highest BCUT2D eigenvalue weighted by Gasteiger charge is 2.13. The standard InChI is InChI=1S/C6H12N3O2/c1-4-7-5(10)6(11)8-9(2)3/h4H2,1-3H3,(H,7,10). The molecule has 0 heterocycles. The van der Waals surface area contributed by atoms with Gasteiger partial charge >= 0.3 is 11.8 Å². The highest BCUT2D eigenvalue weighted by molar-refractivity contribution is 6.34. The summed E-state index contributed by atoms with van der Waals surface area (Å²) in [4.78, 5) is 21.4. The van der Waals surface area contributed by atoms with Crippen LogP contribution in [0.1, 0.15) is 6.92 Å². The predicted molar refractivity (Wildman–Crippen MR) is 39.5 cm³/mol. The van der Waals surface area contributed by atoms with Gasteiger partial charge in [-0.05, 0) is 6.92 Å². The highest BCUT2D eigenvalue weighted by Crippen LogP contribution is 1.72. The van der Waals surface area contributed by atoms with Crippen molar-refractivity contribution in [1.82, 2.24) is 15.8 Å². The molecule has 0 aliphatic heterocycles. The molecule has 0 aromatic carbocycles. The van der Waals surface area contributed by atoms with Gasteiger partial charge in [0, 0.05) is 20.6 Å². The Morgan fingerprint density at radius 3 is 2.36 bits per heavy atom. The van der Waals surface area contributed by atoms with Crippen molar-refractivity contribution < 1.29 is 9.59 Å². The summed E-state index contributed by atoms with van der Waals surface area (Å²) in [6.45, 7) is 2.17. The van der Waals surface area contributed by atoms with E-state index in [0.29, 0.717) is 6.54 Å². The Morgan fingerprint density at radius 2 is 2.00 bits per heavy atom. The van der Waals surface area contributed by atoms with Gasteiger partial charge in [-0.3, -0.25) is 9.59 Å². The summed E-state index contributed by atoms with van der Waals surface area (Å²) in [5, 5.41) is 3.63. The Bertz CT molecular complexity index is 156. The van der Waals surface area contributed by atoms with E-state index >= 15 is 0 Å². The predicted octanol–water partition coefficient (Wildman–Crippen LogP) is -1.27. The highest BCUT2D eigenvalue weighted by atomic mass is 16.2. The van der Waals surface area contributed by atoms with E-state index in [1.54, 1.807) is 21.0 Å². The van der Waals surface area contributed by atoms with Crippen molar-refractivity contribution in [2.24, 2.45) is 0 Å². The second kappa shape index (κ2) is 4.68. The molecule has 5 nitrogen and oxygen atoms in total. The summed E-state index contributed by atoms with van der Waals surface area (Å²) in [5.74, 6) is -1.43. The van der Waals surface area contributed by atoms with E-state index in [1.165, 1.54) is 5.01 Å². The molecule has 0 aromatic heterocycles. The second-order valence-corrected chi connectivity index (χ2v) is 2.11. The average Bonchev–Trinajstić information content (AvgIpc) is 1.86. The first-order valence-corrected chi connectivity index (χ1v) is 3.29. The van der Waals surface area contributed by atoms with E-state index in [9.17, 15) is 9.59 Å². The van der Waals surface area contributed by atoms with Crippen LogP contribution in [0.3, 0.4) is 0 Å². The number of carbonyl (C=O) groups is 2. The molecule has 0 saturated heterocycles. The minimum absolute atomic E-state index is 0.438. The van der Waals surface area contributed by atoms with Gasteiger partial charge in [0.25, 0.3) is 0 Å². The Balaban J connectivity index is 3.74. The Labute approximate surface area is 65.7 Å². The Morgan fingerprint density at radius 1 is 1.45 bits per heavy atom. The molecule has 0 fully saturated rings. The molecule has 0 atom stereocenters. The summed E-state index contributed by atoms with van der Waals surface area (Å²) in [6, 6.07) is 0. The van der Waals surface area contributed by atoms with Crippen LogP contribution in [0.4, 0.5) is 0 Å². The van der Waals surface area contributed by atoms with Crippen LogP contribution in [0.15, 0.2) is 0 Å². The molecule has 11 heavy (non-hydrogen) atoms. The van der Waals surface area contributed by atoms with Gasteiger partial charge in [-0.15, -0.1) is 0 Å². The summed E-state index contributed by atoms with van der Waals surface area (Å²) < 4.78 is 0. The van der Waals surface area contributed by atoms with E-state index in [1.807, 2.05) is 0 Å². The van der Waals surface area contributed by atoms with Crippen molar-refractivity contribution in [2.45, 2.75) is 6.92 Å². The van der Waals surface area contributed by atoms with Gasteiger partial charge in [-0.25, -0.2) is 5.01 Å². The fourth-order valence-corrected chi connectivity index (χ4v) is 0.463. The minimum Gasteiger partial charge on any atom is -0.348 e. The number of hydrogen-bond acceptors (Lipinski definition) is 3. The third-order valence-corrected chi connectivity index (χ3v) is 0.822. The van der Waals surface area contributed by atoms with Crippen molar-refractivity contribution in [2.75, 3.05) is 20.6 Å². The first-order valence-electron chi connectivity index (χ1n) is 3.29. The first-order chi connectivity index (χ1) is 5.07. The lowest BCUT2D eigenvalue weighted by atomic mass is 10.5. The van der Waals surface area contributed by atoms with Crippen LogP contribution in [0.25, 0.3) is 0 Å². The van der Waals surface area contributed by atoms with Crippen molar-refractivity contribution in [3.63, 3.8) is 0 Å². The summed E-state index contributed by atoms with van der Waals surface area (Å²) in [6.07, 6.45) is 0. The van der Waals surface area contributed by atoms with Gasteiger partial charge in [0.15, 0.2) is 0 Å². The summed E-state index contributed by atoms with van der Waals surface area (Å²) >= 11 is 0. The first kappa shape index (κ1) is 9.90. The van der Waals surface area contributed by atoms with Gasteiger partial charge < -0.3 is 5.32 Å². The lowest BCUT2D eigenvalue weighted by Gasteiger charge is -2.06. The molecule has 63 valence electrons. The molecular weight excluding hydrogens is 146 g/mol. The molecule has 0 aliphatic carbocycles. The maximum Gasteiger partial charge on any atom is 0.346 e. The molecular formula is C6H12N3O2. The molecule has 0 saturated carbocycles. The second-order valence-electron chi connectivity index (χ2n) is 2.11. The lowest BCUT2D eigenvalue weighted by Crippen LogP contribution is -2.40. The number of likely N-dealkylation sites (N-methyl/N-ethyl adjacent to an activating group) is 1. The van der Waals surface area contributed by atoms with Crippen LogP contribution in [0, 0.1) is 0 Å². The van der Waals surface area contributed by atoms with Crippen LogP contribution in [0.5, 0.6) is 0 Å². The number of hydrogen-bond donors (Lipinski definition) is 1. The molecule has 5 heteroatoms. The van der Waals surface area contributed by atoms with E-state index < -0.39 is 11.8 Å². The van der Waals surface area contributed by atoms with Gasteiger partial charge in [0.2, 0.25) is 0 Å². The monoisotopic (exact) mass is 158 g/mol. The van der Waals surface area contributed by atoms with E-state index in [2.05, 4.69) is 10.7 Å². The Hall–Kier alpha value is -1.10. The summed E-state index contributed by atoms with van der Waals surface area (Å²) in [7, 11) is 3.16. The van der Waals surface area contributed by atoms with E-state index in [4.69, 9.17) is 0 Å². The molecule has 2 amide bonds. The zero-order valence-electron chi connectivity index (χ0n) is 6.92. The number of rotatable bonds is 2. The van der Waals surface area contributed by atoms with Gasteiger partial charge in [0.05, 0.1) is 0 Å². The SMILES string of the molecule is CCNC(=O)C(=O)[N]N(C)C. The molecule has 0 unspecified atom stereocenters. The molecule has 1 radical (unpaired) electrons. The average molecular weight is 158 g/mol. The molecule has 0 rings (SSSR count). The third-order valence-electron chi connectivity index (χ3n) is 0.822. The fraction of sp³-hybridized carbons (Fsp3) is 0.667. The number of carbonyl (C=O) groups excluding carboxylic acids is 2. The molecule has 0 aromatic rings. The maximum atomic E-state index is 10.7. The molecule has 1 N–H and O–H groups in total. The van der Waals surface area contributed by atoms with Crippen molar-refractivity contribution in [3.8, 4) is 0 Å². The number of nitrogens with zero attached hydrogens (tertiary/aromatic N) is 2. The van der Waals surface area contributed by atoms with Crippen molar-refractivity contribution >= 4 is 11.8 Å². The molecule has 0 aliphatic rings. The van der Waals surface area contributed by atoms with Gasteiger partial charge in [-0.1, -0.05) is 0 Å². The van der Waals surface area contributed by atoms with Crippen LogP contribution >= 0.6 is 0 Å². The zero-order chi connectivity index (χ0) is 8.85. The van der Waals surface area contributed by atoms with Crippen LogP contribution in [-0.4, -0.2) is 37.5 Å². The van der Waals surface area contributed by atoms with Crippen LogP contribution in [-0.2, 0) is 9.59 Å². The topological polar surface area (TPSA) is 63.5 Å². The molecule has 0 bridgehead atoms. The van der Waals surface area contributed by atoms with Crippen molar-refractivity contribution in [3.05, 3.63) is 0 Å². The Kier molecular flexibility index (Phi) is 4.21. The largest absolute Gasteiger partial charge is 0.348 e. The smallest absolute Gasteiger partial charge is 0.346 e. The van der Waals surface area contributed by atoms with E-state index in [0.717, 1.165) is 0 Å². The maximum absolute atomic E-state index is 10.7. The number of amides is 2. The van der Waals surface area contributed by atoms with Crippen LogP contribution in [0.2, 0.25) is 0 Å². The quantitative estimate of drug-likeness (QED) is 0.402. The van der Waals surface area contributed by atoms with E-state index in [-0.39, 0.29) is 0 Å². The van der Waals surface area contributed by atoms with Gasteiger partial charge in [0.1, 0.15) is 0 Å².